The minimum atomic E-state index is -0.441. The average molecular weight is 308 g/mol. The number of hydrogen-bond acceptors (Lipinski definition) is 6. The van der Waals surface area contributed by atoms with Gasteiger partial charge in [-0.25, -0.2) is 9.59 Å². The van der Waals surface area contributed by atoms with E-state index >= 15 is 0 Å². The van der Waals surface area contributed by atoms with E-state index in [2.05, 4.69) is 4.74 Å². The van der Waals surface area contributed by atoms with Gasteiger partial charge in [0.1, 0.15) is 6.61 Å². The number of methoxy groups -OCH3 is 2. The molecule has 6 nitrogen and oxygen atoms in total. The Kier molecular flexibility index (Phi) is 5.91. The van der Waals surface area contributed by atoms with Crippen LogP contribution in [0.25, 0.3) is 0 Å². The van der Waals surface area contributed by atoms with E-state index in [1.165, 1.54) is 31.4 Å². The van der Waals surface area contributed by atoms with E-state index in [9.17, 15) is 9.59 Å². The Morgan fingerprint density at radius 1 is 1.00 bits per heavy atom. The summed E-state index contributed by atoms with van der Waals surface area (Å²) in [6.07, 6.45) is 1.75. The zero-order valence-corrected chi connectivity index (χ0v) is 12.7. The van der Waals surface area contributed by atoms with Crippen LogP contribution in [0.5, 0.6) is 0 Å². The standard InChI is InChI=1S/C16H20O6/c1-19-9-13-7-8-14(22-13)10-21-16(18)12-5-3-11(4-6-12)15(17)20-2/h3-6,13-14H,7-10H2,1-2H3. The van der Waals surface area contributed by atoms with Gasteiger partial charge in [-0.1, -0.05) is 0 Å². The van der Waals surface area contributed by atoms with Gasteiger partial charge in [-0.2, -0.15) is 0 Å². The molecule has 0 aromatic heterocycles. The lowest BCUT2D eigenvalue weighted by atomic mass is 10.1. The predicted octanol–water partition coefficient (Wildman–Crippen LogP) is 1.82. The summed E-state index contributed by atoms with van der Waals surface area (Å²) in [5.74, 6) is -0.876. The molecule has 0 spiro atoms. The largest absolute Gasteiger partial charge is 0.465 e. The van der Waals surface area contributed by atoms with Gasteiger partial charge in [-0.15, -0.1) is 0 Å². The van der Waals surface area contributed by atoms with Crippen molar-refractivity contribution >= 4 is 11.9 Å². The van der Waals surface area contributed by atoms with E-state index in [1.807, 2.05) is 0 Å². The first-order chi connectivity index (χ1) is 10.6. The quantitative estimate of drug-likeness (QED) is 0.747. The Morgan fingerprint density at radius 3 is 2.09 bits per heavy atom. The molecule has 1 aliphatic rings. The van der Waals surface area contributed by atoms with Crippen LogP contribution in [0.1, 0.15) is 33.6 Å². The molecule has 22 heavy (non-hydrogen) atoms. The Morgan fingerprint density at radius 2 is 1.55 bits per heavy atom. The third-order valence-electron chi connectivity index (χ3n) is 3.49. The van der Waals surface area contributed by atoms with E-state index in [-0.39, 0.29) is 18.8 Å². The third kappa shape index (κ3) is 4.29. The van der Waals surface area contributed by atoms with Gasteiger partial charge in [-0.05, 0) is 37.1 Å². The molecule has 2 atom stereocenters. The van der Waals surface area contributed by atoms with Crippen molar-refractivity contribution < 1.29 is 28.5 Å². The van der Waals surface area contributed by atoms with Crippen molar-refractivity contribution in [2.24, 2.45) is 0 Å². The average Bonchev–Trinajstić information content (AvgIpc) is 3.00. The maximum Gasteiger partial charge on any atom is 0.338 e. The number of carbonyl (C=O) groups is 2. The van der Waals surface area contributed by atoms with Crippen LogP contribution in [0.2, 0.25) is 0 Å². The molecule has 0 radical (unpaired) electrons. The lowest BCUT2D eigenvalue weighted by molar-refractivity contribution is -0.0301. The lowest BCUT2D eigenvalue weighted by Gasteiger charge is -2.13. The second kappa shape index (κ2) is 7.91. The minimum absolute atomic E-state index is 0.0769. The molecular formula is C16H20O6. The molecule has 1 fully saturated rings. The molecule has 2 rings (SSSR count). The molecule has 1 aliphatic heterocycles. The minimum Gasteiger partial charge on any atom is -0.465 e. The molecule has 0 bridgehead atoms. The summed E-state index contributed by atoms with van der Waals surface area (Å²) in [5, 5.41) is 0. The van der Waals surface area contributed by atoms with Crippen LogP contribution < -0.4 is 0 Å². The van der Waals surface area contributed by atoms with Crippen LogP contribution in [0.15, 0.2) is 24.3 Å². The summed E-state index contributed by atoms with van der Waals surface area (Å²) in [6, 6.07) is 6.14. The molecule has 1 saturated heterocycles. The first kappa shape index (κ1) is 16.5. The Labute approximate surface area is 129 Å². The molecule has 1 aromatic carbocycles. The van der Waals surface area contributed by atoms with Crippen LogP contribution in [-0.4, -0.2) is 51.6 Å². The molecule has 1 aromatic rings. The van der Waals surface area contributed by atoms with Crippen molar-refractivity contribution in [3.8, 4) is 0 Å². The first-order valence-electron chi connectivity index (χ1n) is 7.14. The van der Waals surface area contributed by atoms with Crippen LogP contribution in [0.4, 0.5) is 0 Å². The molecule has 6 heteroatoms. The normalized spacial score (nSPS) is 20.6. The zero-order chi connectivity index (χ0) is 15.9. The highest BCUT2D eigenvalue weighted by atomic mass is 16.6. The fraction of sp³-hybridized carbons (Fsp3) is 0.500. The topological polar surface area (TPSA) is 71.1 Å². The maximum absolute atomic E-state index is 11.9. The maximum atomic E-state index is 11.9. The number of hydrogen-bond donors (Lipinski definition) is 0. The molecule has 2 unspecified atom stereocenters. The van der Waals surface area contributed by atoms with Crippen LogP contribution in [0, 0.1) is 0 Å². The molecule has 1 heterocycles. The van der Waals surface area contributed by atoms with Gasteiger partial charge >= 0.3 is 11.9 Å². The van der Waals surface area contributed by atoms with Gasteiger partial charge < -0.3 is 18.9 Å². The van der Waals surface area contributed by atoms with Crippen molar-refractivity contribution in [1.29, 1.82) is 0 Å². The summed E-state index contributed by atoms with van der Waals surface area (Å²) in [7, 11) is 2.94. The lowest BCUT2D eigenvalue weighted by Crippen LogP contribution is -2.21. The molecule has 0 amide bonds. The molecule has 0 aliphatic carbocycles. The summed E-state index contributed by atoms with van der Waals surface area (Å²) in [6.45, 7) is 0.775. The molecular weight excluding hydrogens is 288 g/mol. The number of carbonyl (C=O) groups excluding carboxylic acids is 2. The van der Waals surface area contributed by atoms with Crippen molar-refractivity contribution in [2.75, 3.05) is 27.4 Å². The SMILES string of the molecule is COCC1CCC(COC(=O)c2ccc(C(=O)OC)cc2)O1. The van der Waals surface area contributed by atoms with E-state index in [4.69, 9.17) is 14.2 Å². The third-order valence-corrected chi connectivity index (χ3v) is 3.49. The summed E-state index contributed by atoms with van der Waals surface area (Å²) < 4.78 is 20.6. The number of ether oxygens (including phenoxy) is 4. The summed E-state index contributed by atoms with van der Waals surface area (Å²) in [5.41, 5.74) is 0.777. The molecule has 0 saturated carbocycles. The Balaban J connectivity index is 1.81. The van der Waals surface area contributed by atoms with Gasteiger partial charge in [0, 0.05) is 7.11 Å². The van der Waals surface area contributed by atoms with Crippen LogP contribution >= 0.6 is 0 Å². The van der Waals surface area contributed by atoms with E-state index in [0.717, 1.165) is 12.8 Å². The molecule has 0 N–H and O–H groups in total. The van der Waals surface area contributed by atoms with E-state index < -0.39 is 11.9 Å². The Hall–Kier alpha value is -1.92. The zero-order valence-electron chi connectivity index (χ0n) is 12.7. The Bertz CT molecular complexity index is 510. The number of benzene rings is 1. The van der Waals surface area contributed by atoms with Crippen molar-refractivity contribution in [3.05, 3.63) is 35.4 Å². The highest BCUT2D eigenvalue weighted by molar-refractivity contribution is 5.93. The van der Waals surface area contributed by atoms with Crippen molar-refractivity contribution in [1.82, 2.24) is 0 Å². The second-order valence-electron chi connectivity index (χ2n) is 5.08. The summed E-state index contributed by atoms with van der Waals surface area (Å²) in [4.78, 5) is 23.3. The second-order valence-corrected chi connectivity index (χ2v) is 5.08. The van der Waals surface area contributed by atoms with Crippen LogP contribution in [0.3, 0.4) is 0 Å². The van der Waals surface area contributed by atoms with E-state index in [0.29, 0.717) is 17.7 Å². The molecule has 120 valence electrons. The predicted molar refractivity (Wildman–Crippen MR) is 77.8 cm³/mol. The van der Waals surface area contributed by atoms with Gasteiger partial charge in [0.25, 0.3) is 0 Å². The number of esters is 2. The monoisotopic (exact) mass is 308 g/mol. The highest BCUT2D eigenvalue weighted by Gasteiger charge is 2.26. The smallest absolute Gasteiger partial charge is 0.338 e. The van der Waals surface area contributed by atoms with Crippen molar-refractivity contribution in [2.45, 2.75) is 25.0 Å². The first-order valence-corrected chi connectivity index (χ1v) is 7.14. The van der Waals surface area contributed by atoms with Crippen molar-refractivity contribution in [3.63, 3.8) is 0 Å². The van der Waals surface area contributed by atoms with E-state index in [1.54, 1.807) is 7.11 Å². The van der Waals surface area contributed by atoms with Crippen LogP contribution in [-0.2, 0) is 18.9 Å². The fourth-order valence-electron chi connectivity index (χ4n) is 2.32. The van der Waals surface area contributed by atoms with Gasteiger partial charge in [0.05, 0.1) is 37.1 Å². The summed E-state index contributed by atoms with van der Waals surface area (Å²) >= 11 is 0. The number of rotatable bonds is 6. The fourth-order valence-corrected chi connectivity index (χ4v) is 2.32. The van der Waals surface area contributed by atoms with Gasteiger partial charge in [-0.3, -0.25) is 0 Å². The van der Waals surface area contributed by atoms with Gasteiger partial charge in [0.2, 0.25) is 0 Å². The van der Waals surface area contributed by atoms with Gasteiger partial charge in [0.15, 0.2) is 0 Å². The highest BCUT2D eigenvalue weighted by Crippen LogP contribution is 2.20.